The summed E-state index contributed by atoms with van der Waals surface area (Å²) in [5.74, 6) is 1.08. The molecule has 1 aliphatic carbocycles. The van der Waals surface area contributed by atoms with Crippen LogP contribution in [0.5, 0.6) is 5.75 Å². The van der Waals surface area contributed by atoms with E-state index < -0.39 is 0 Å². The molecular weight excluding hydrogens is 241 g/mol. The van der Waals surface area contributed by atoms with Gasteiger partial charge in [-0.1, -0.05) is 25.5 Å². The third kappa shape index (κ3) is 3.27. The molecule has 2 rings (SSSR count). The van der Waals surface area contributed by atoms with E-state index in [2.05, 4.69) is 12.2 Å². The second-order valence-electron chi connectivity index (χ2n) is 5.37. The van der Waals surface area contributed by atoms with Gasteiger partial charge < -0.3 is 10.1 Å². The largest absolute Gasteiger partial charge is 0.494 e. The number of methoxy groups -OCH3 is 1. The van der Waals surface area contributed by atoms with E-state index in [0.717, 1.165) is 31.5 Å². The van der Waals surface area contributed by atoms with Crippen molar-refractivity contribution in [2.24, 2.45) is 5.92 Å². The van der Waals surface area contributed by atoms with Crippen molar-refractivity contribution in [1.82, 2.24) is 5.32 Å². The Hall–Kier alpha value is -1.09. The second-order valence-corrected chi connectivity index (χ2v) is 5.37. The van der Waals surface area contributed by atoms with E-state index in [9.17, 15) is 4.39 Å². The SMILES string of the molecule is CCCNCC1CCCC1c1cccc(OC)c1F. The van der Waals surface area contributed by atoms with Gasteiger partial charge in [0.15, 0.2) is 11.6 Å². The Morgan fingerprint density at radius 2 is 2.21 bits per heavy atom. The third-order valence-corrected chi connectivity index (χ3v) is 4.10. The fraction of sp³-hybridized carbons (Fsp3) is 0.625. The quantitative estimate of drug-likeness (QED) is 0.792. The van der Waals surface area contributed by atoms with Crippen LogP contribution in [0.15, 0.2) is 18.2 Å². The summed E-state index contributed by atoms with van der Waals surface area (Å²) >= 11 is 0. The van der Waals surface area contributed by atoms with Crippen LogP contribution < -0.4 is 10.1 Å². The summed E-state index contributed by atoms with van der Waals surface area (Å²) in [7, 11) is 1.52. The van der Waals surface area contributed by atoms with Crippen molar-refractivity contribution in [1.29, 1.82) is 0 Å². The predicted molar refractivity (Wildman–Crippen MR) is 76.2 cm³/mol. The van der Waals surface area contributed by atoms with Crippen LogP contribution in [-0.4, -0.2) is 20.2 Å². The standard InChI is InChI=1S/C16H24FNO/c1-3-10-18-11-12-6-4-7-13(12)14-8-5-9-15(19-2)16(14)17/h5,8-9,12-13,18H,3-4,6-7,10-11H2,1-2H3. The monoisotopic (exact) mass is 265 g/mol. The first-order valence-electron chi connectivity index (χ1n) is 7.31. The maximum absolute atomic E-state index is 14.3. The Morgan fingerprint density at radius 3 is 2.95 bits per heavy atom. The fourth-order valence-electron chi connectivity index (χ4n) is 3.13. The zero-order chi connectivity index (χ0) is 13.7. The van der Waals surface area contributed by atoms with Gasteiger partial charge in [-0.3, -0.25) is 0 Å². The molecule has 0 bridgehead atoms. The molecule has 2 unspecified atom stereocenters. The topological polar surface area (TPSA) is 21.3 Å². The summed E-state index contributed by atoms with van der Waals surface area (Å²) < 4.78 is 19.4. The molecule has 0 radical (unpaired) electrons. The van der Waals surface area contributed by atoms with Gasteiger partial charge in [-0.25, -0.2) is 4.39 Å². The Kier molecular flexibility index (Phi) is 5.20. The van der Waals surface area contributed by atoms with E-state index >= 15 is 0 Å². The molecular formula is C16H24FNO. The van der Waals surface area contributed by atoms with Crippen LogP contribution in [0, 0.1) is 11.7 Å². The number of rotatable bonds is 6. The van der Waals surface area contributed by atoms with Crippen LogP contribution in [0.2, 0.25) is 0 Å². The molecule has 3 heteroatoms. The molecule has 0 aliphatic heterocycles. The first-order chi connectivity index (χ1) is 9.27. The van der Waals surface area contributed by atoms with Gasteiger partial charge in [0.2, 0.25) is 0 Å². The fourth-order valence-corrected chi connectivity index (χ4v) is 3.13. The maximum atomic E-state index is 14.3. The molecule has 0 amide bonds. The molecule has 1 aromatic carbocycles. The molecule has 0 aromatic heterocycles. The van der Waals surface area contributed by atoms with Crippen LogP contribution in [-0.2, 0) is 0 Å². The van der Waals surface area contributed by atoms with Gasteiger partial charge in [0.05, 0.1) is 7.11 Å². The van der Waals surface area contributed by atoms with Gasteiger partial charge in [-0.15, -0.1) is 0 Å². The molecule has 19 heavy (non-hydrogen) atoms. The average Bonchev–Trinajstić information content (AvgIpc) is 2.88. The van der Waals surface area contributed by atoms with Crippen molar-refractivity contribution in [2.75, 3.05) is 20.2 Å². The molecule has 0 heterocycles. The van der Waals surface area contributed by atoms with E-state index in [-0.39, 0.29) is 5.82 Å². The summed E-state index contributed by atoms with van der Waals surface area (Å²) in [6.07, 6.45) is 4.62. The summed E-state index contributed by atoms with van der Waals surface area (Å²) in [4.78, 5) is 0. The van der Waals surface area contributed by atoms with E-state index in [0.29, 0.717) is 17.6 Å². The lowest BCUT2D eigenvalue weighted by Crippen LogP contribution is -2.25. The molecule has 1 aromatic rings. The zero-order valence-electron chi connectivity index (χ0n) is 11.9. The van der Waals surface area contributed by atoms with Gasteiger partial charge in [0.25, 0.3) is 0 Å². The summed E-state index contributed by atoms with van der Waals surface area (Å²) in [6, 6.07) is 5.50. The Balaban J connectivity index is 2.11. The van der Waals surface area contributed by atoms with Crippen LogP contribution >= 0.6 is 0 Å². The highest BCUT2D eigenvalue weighted by Gasteiger charge is 2.30. The maximum Gasteiger partial charge on any atom is 0.168 e. The van der Waals surface area contributed by atoms with Crippen molar-refractivity contribution in [3.05, 3.63) is 29.6 Å². The minimum Gasteiger partial charge on any atom is -0.494 e. The minimum atomic E-state index is -0.169. The van der Waals surface area contributed by atoms with E-state index in [1.54, 1.807) is 6.07 Å². The normalized spacial score (nSPS) is 22.7. The Morgan fingerprint density at radius 1 is 1.37 bits per heavy atom. The Labute approximate surface area is 115 Å². The van der Waals surface area contributed by atoms with E-state index in [4.69, 9.17) is 4.74 Å². The molecule has 1 fully saturated rings. The Bertz CT molecular complexity index is 408. The molecule has 1 aliphatic rings. The first-order valence-corrected chi connectivity index (χ1v) is 7.31. The first kappa shape index (κ1) is 14.3. The third-order valence-electron chi connectivity index (χ3n) is 4.10. The van der Waals surface area contributed by atoms with Crippen LogP contribution in [0.4, 0.5) is 4.39 Å². The van der Waals surface area contributed by atoms with Crippen LogP contribution in [0.3, 0.4) is 0 Å². The summed E-state index contributed by atoms with van der Waals surface area (Å²) in [6.45, 7) is 4.21. The van der Waals surface area contributed by atoms with Crippen molar-refractivity contribution >= 4 is 0 Å². The number of hydrogen-bond acceptors (Lipinski definition) is 2. The molecule has 2 nitrogen and oxygen atoms in total. The number of hydrogen-bond donors (Lipinski definition) is 1. The van der Waals surface area contributed by atoms with Gasteiger partial charge in [-0.2, -0.15) is 0 Å². The van der Waals surface area contributed by atoms with Crippen molar-refractivity contribution in [3.8, 4) is 5.75 Å². The molecule has 0 spiro atoms. The van der Waals surface area contributed by atoms with Gasteiger partial charge in [0.1, 0.15) is 0 Å². The minimum absolute atomic E-state index is 0.169. The van der Waals surface area contributed by atoms with Gasteiger partial charge in [-0.05, 0) is 55.8 Å². The van der Waals surface area contributed by atoms with Gasteiger partial charge >= 0.3 is 0 Å². The zero-order valence-corrected chi connectivity index (χ0v) is 11.9. The second kappa shape index (κ2) is 6.90. The number of benzene rings is 1. The number of nitrogens with one attached hydrogen (secondary N) is 1. The lowest BCUT2D eigenvalue weighted by Gasteiger charge is -2.21. The lowest BCUT2D eigenvalue weighted by molar-refractivity contribution is 0.375. The average molecular weight is 265 g/mol. The van der Waals surface area contributed by atoms with E-state index in [1.165, 1.54) is 20.0 Å². The molecule has 0 saturated heterocycles. The molecule has 1 saturated carbocycles. The lowest BCUT2D eigenvalue weighted by atomic mass is 9.88. The van der Waals surface area contributed by atoms with Crippen LogP contribution in [0.1, 0.15) is 44.1 Å². The highest BCUT2D eigenvalue weighted by molar-refractivity contribution is 5.34. The number of halogens is 1. The molecule has 106 valence electrons. The summed E-state index contributed by atoms with van der Waals surface area (Å²) in [5, 5.41) is 3.47. The predicted octanol–water partition coefficient (Wildman–Crippen LogP) is 3.72. The number of ether oxygens (including phenoxy) is 1. The van der Waals surface area contributed by atoms with Crippen LogP contribution in [0.25, 0.3) is 0 Å². The molecule has 1 N–H and O–H groups in total. The van der Waals surface area contributed by atoms with E-state index in [1.807, 2.05) is 12.1 Å². The van der Waals surface area contributed by atoms with Crippen molar-refractivity contribution < 1.29 is 9.13 Å². The summed E-state index contributed by atoms with van der Waals surface area (Å²) in [5.41, 5.74) is 0.833. The smallest absolute Gasteiger partial charge is 0.168 e. The highest BCUT2D eigenvalue weighted by atomic mass is 19.1. The van der Waals surface area contributed by atoms with Crippen molar-refractivity contribution in [2.45, 2.75) is 38.5 Å². The molecule has 2 atom stereocenters. The highest BCUT2D eigenvalue weighted by Crippen LogP contribution is 2.41. The van der Waals surface area contributed by atoms with Crippen molar-refractivity contribution in [3.63, 3.8) is 0 Å². The van der Waals surface area contributed by atoms with Gasteiger partial charge in [0, 0.05) is 0 Å².